The molecular formula is C17H26O4. The molecule has 0 radical (unpaired) electrons. The van der Waals surface area contributed by atoms with Crippen molar-refractivity contribution in [1.82, 2.24) is 0 Å². The number of ether oxygens (including phenoxy) is 1. The van der Waals surface area contributed by atoms with Crippen LogP contribution < -0.4 is 0 Å². The van der Waals surface area contributed by atoms with Crippen LogP contribution in [-0.2, 0) is 19.9 Å². The van der Waals surface area contributed by atoms with E-state index in [1.807, 2.05) is 12.1 Å². The Kier molecular flexibility index (Phi) is 7.40. The Hall–Kier alpha value is -1.39. The normalized spacial score (nSPS) is 11.4. The summed E-state index contributed by atoms with van der Waals surface area (Å²) in [6, 6.07) is 7.38. The van der Waals surface area contributed by atoms with Gasteiger partial charge < -0.3 is 4.74 Å². The van der Waals surface area contributed by atoms with Gasteiger partial charge in [0, 0.05) is 6.61 Å². The van der Waals surface area contributed by atoms with Gasteiger partial charge in [-0.3, -0.25) is 4.89 Å². The monoisotopic (exact) mass is 294 g/mol. The summed E-state index contributed by atoms with van der Waals surface area (Å²) in [6.07, 6.45) is 2.13. The van der Waals surface area contributed by atoms with Crippen molar-refractivity contribution in [1.29, 1.82) is 0 Å². The van der Waals surface area contributed by atoms with Crippen LogP contribution in [0.4, 0.5) is 0 Å². The second-order valence-corrected chi connectivity index (χ2v) is 5.99. The number of rotatable bonds is 8. The van der Waals surface area contributed by atoms with E-state index >= 15 is 0 Å². The van der Waals surface area contributed by atoms with E-state index in [0.717, 1.165) is 12.8 Å². The largest absolute Gasteiger partial charge is 0.379 e. The van der Waals surface area contributed by atoms with Crippen LogP contribution in [0.25, 0.3) is 0 Å². The van der Waals surface area contributed by atoms with Crippen LogP contribution in [0, 0.1) is 0 Å². The second-order valence-electron chi connectivity index (χ2n) is 5.99. The van der Waals surface area contributed by atoms with Crippen molar-refractivity contribution in [3.05, 3.63) is 35.4 Å². The standard InChI is InChI=1S/C17H26O4/c1-5-6-11-19-12-13-20-21-16(18)14-7-9-15(10-8-14)17(2,3)4/h7-10H,5-6,11-13H2,1-4H3. The van der Waals surface area contributed by atoms with Crippen molar-refractivity contribution >= 4 is 5.97 Å². The zero-order valence-electron chi connectivity index (χ0n) is 13.5. The first-order valence-corrected chi connectivity index (χ1v) is 7.47. The maximum absolute atomic E-state index is 11.8. The number of hydrogen-bond acceptors (Lipinski definition) is 4. The molecule has 4 heteroatoms. The molecule has 0 aliphatic rings. The molecule has 118 valence electrons. The Labute approximate surface area is 127 Å². The van der Waals surface area contributed by atoms with E-state index in [2.05, 4.69) is 27.7 Å². The number of benzene rings is 1. The molecule has 0 fully saturated rings. The van der Waals surface area contributed by atoms with Crippen molar-refractivity contribution < 1.29 is 19.3 Å². The summed E-state index contributed by atoms with van der Waals surface area (Å²) in [6.45, 7) is 9.87. The van der Waals surface area contributed by atoms with E-state index < -0.39 is 5.97 Å². The molecule has 1 aromatic rings. The first-order chi connectivity index (χ1) is 9.95. The molecule has 0 saturated heterocycles. The smallest absolute Gasteiger partial charge is 0.373 e. The highest BCUT2D eigenvalue weighted by atomic mass is 17.2. The lowest BCUT2D eigenvalue weighted by Crippen LogP contribution is -2.13. The van der Waals surface area contributed by atoms with Gasteiger partial charge in [0.05, 0.1) is 12.2 Å². The van der Waals surface area contributed by atoms with Gasteiger partial charge in [0.1, 0.15) is 6.61 Å². The molecule has 0 aliphatic carbocycles. The average Bonchev–Trinajstić information content (AvgIpc) is 2.45. The maximum atomic E-state index is 11.8. The van der Waals surface area contributed by atoms with Gasteiger partial charge in [0.15, 0.2) is 0 Å². The molecule has 0 atom stereocenters. The topological polar surface area (TPSA) is 44.8 Å². The van der Waals surface area contributed by atoms with Crippen LogP contribution in [0.2, 0.25) is 0 Å². The van der Waals surface area contributed by atoms with Crippen LogP contribution >= 0.6 is 0 Å². The van der Waals surface area contributed by atoms with Crippen LogP contribution in [0.3, 0.4) is 0 Å². The van der Waals surface area contributed by atoms with Crippen molar-refractivity contribution in [2.24, 2.45) is 0 Å². The zero-order chi connectivity index (χ0) is 15.7. The van der Waals surface area contributed by atoms with Gasteiger partial charge >= 0.3 is 5.97 Å². The third-order valence-corrected chi connectivity index (χ3v) is 3.07. The van der Waals surface area contributed by atoms with Gasteiger partial charge in [0.2, 0.25) is 0 Å². The third-order valence-electron chi connectivity index (χ3n) is 3.07. The van der Waals surface area contributed by atoms with Gasteiger partial charge in [-0.2, -0.15) is 4.89 Å². The molecule has 0 saturated carbocycles. The molecule has 0 spiro atoms. The van der Waals surface area contributed by atoms with Gasteiger partial charge in [-0.25, -0.2) is 4.79 Å². The van der Waals surface area contributed by atoms with Gasteiger partial charge in [-0.1, -0.05) is 46.2 Å². The predicted octanol–water partition coefficient (Wildman–Crippen LogP) is 3.89. The second kappa shape index (κ2) is 8.80. The minimum Gasteiger partial charge on any atom is -0.379 e. The first kappa shape index (κ1) is 17.7. The van der Waals surface area contributed by atoms with E-state index in [1.165, 1.54) is 5.56 Å². The van der Waals surface area contributed by atoms with E-state index in [4.69, 9.17) is 14.5 Å². The van der Waals surface area contributed by atoms with Crippen LogP contribution in [0.5, 0.6) is 0 Å². The lowest BCUT2D eigenvalue weighted by atomic mass is 9.87. The molecule has 0 amide bonds. The summed E-state index contributed by atoms with van der Waals surface area (Å²) in [5.74, 6) is -0.482. The van der Waals surface area contributed by atoms with Gasteiger partial charge in [0.25, 0.3) is 0 Å². The molecule has 0 bridgehead atoms. The van der Waals surface area contributed by atoms with Crippen molar-refractivity contribution in [2.75, 3.05) is 19.8 Å². The van der Waals surface area contributed by atoms with E-state index in [9.17, 15) is 4.79 Å². The lowest BCUT2D eigenvalue weighted by Gasteiger charge is -2.18. The number of hydrogen-bond donors (Lipinski definition) is 0. The van der Waals surface area contributed by atoms with Crippen molar-refractivity contribution in [2.45, 2.75) is 46.0 Å². The minimum atomic E-state index is -0.482. The summed E-state index contributed by atoms with van der Waals surface area (Å²) in [7, 11) is 0. The van der Waals surface area contributed by atoms with Gasteiger partial charge in [-0.05, 0) is 29.5 Å². The summed E-state index contributed by atoms with van der Waals surface area (Å²) in [4.78, 5) is 21.3. The summed E-state index contributed by atoms with van der Waals surface area (Å²) < 4.78 is 5.30. The fourth-order valence-corrected chi connectivity index (χ4v) is 1.69. The molecule has 0 unspecified atom stereocenters. The highest BCUT2D eigenvalue weighted by molar-refractivity contribution is 5.88. The highest BCUT2D eigenvalue weighted by Gasteiger charge is 2.15. The Balaban J connectivity index is 2.29. The maximum Gasteiger partial charge on any atom is 0.373 e. The Morgan fingerprint density at radius 3 is 2.29 bits per heavy atom. The molecule has 1 aromatic carbocycles. The van der Waals surface area contributed by atoms with Crippen LogP contribution in [-0.4, -0.2) is 25.8 Å². The molecule has 0 aromatic heterocycles. The number of unbranched alkanes of at least 4 members (excludes halogenated alkanes) is 1. The fourth-order valence-electron chi connectivity index (χ4n) is 1.69. The van der Waals surface area contributed by atoms with Crippen molar-refractivity contribution in [3.63, 3.8) is 0 Å². The molecule has 0 heterocycles. The molecule has 4 nitrogen and oxygen atoms in total. The zero-order valence-corrected chi connectivity index (χ0v) is 13.5. The molecule has 0 aliphatic heterocycles. The Bertz CT molecular complexity index is 417. The lowest BCUT2D eigenvalue weighted by molar-refractivity contribution is -0.247. The number of carbonyl (C=O) groups excluding carboxylic acids is 1. The SMILES string of the molecule is CCCCOCCOOC(=O)c1ccc(C(C)(C)C)cc1. The first-order valence-electron chi connectivity index (χ1n) is 7.47. The minimum absolute atomic E-state index is 0.0642. The highest BCUT2D eigenvalue weighted by Crippen LogP contribution is 2.22. The molecule has 0 N–H and O–H groups in total. The quantitative estimate of drug-likeness (QED) is 0.414. The summed E-state index contributed by atoms with van der Waals surface area (Å²) in [5.41, 5.74) is 1.72. The molecule has 21 heavy (non-hydrogen) atoms. The predicted molar refractivity (Wildman–Crippen MR) is 82.2 cm³/mol. The third kappa shape index (κ3) is 6.74. The number of carbonyl (C=O) groups is 1. The average molecular weight is 294 g/mol. The van der Waals surface area contributed by atoms with Crippen molar-refractivity contribution in [3.8, 4) is 0 Å². The van der Waals surface area contributed by atoms with Crippen LogP contribution in [0.1, 0.15) is 56.5 Å². The Morgan fingerprint density at radius 2 is 1.71 bits per heavy atom. The molecular weight excluding hydrogens is 268 g/mol. The van der Waals surface area contributed by atoms with Gasteiger partial charge in [-0.15, -0.1) is 0 Å². The molecule has 1 rings (SSSR count). The summed E-state index contributed by atoms with van der Waals surface area (Å²) in [5, 5.41) is 0. The van der Waals surface area contributed by atoms with Crippen LogP contribution in [0.15, 0.2) is 24.3 Å². The van der Waals surface area contributed by atoms with E-state index in [0.29, 0.717) is 18.8 Å². The Morgan fingerprint density at radius 1 is 1.05 bits per heavy atom. The van der Waals surface area contributed by atoms with E-state index in [1.54, 1.807) is 12.1 Å². The fraction of sp³-hybridized carbons (Fsp3) is 0.588. The summed E-state index contributed by atoms with van der Waals surface area (Å²) >= 11 is 0. The van der Waals surface area contributed by atoms with E-state index in [-0.39, 0.29) is 12.0 Å².